The van der Waals surface area contributed by atoms with Crippen LogP contribution in [0.15, 0.2) is 41.0 Å². The molecule has 0 saturated heterocycles. The van der Waals surface area contributed by atoms with Crippen molar-refractivity contribution in [3.63, 3.8) is 0 Å². The minimum absolute atomic E-state index is 0.223. The number of esters is 1. The third kappa shape index (κ3) is 4.37. The molecular weight excluding hydrogens is 388 g/mol. The largest absolute Gasteiger partial charge is 0.465 e. The molecule has 0 bridgehead atoms. The summed E-state index contributed by atoms with van der Waals surface area (Å²) in [5.41, 5.74) is 2.10. The summed E-state index contributed by atoms with van der Waals surface area (Å²) in [6.45, 7) is 6.30. The standard InChI is InChI=1S/C19H19ClN2O2S2/c1-11(2)8-24-19(23)12(3)26-18-16-15(9-25-17(16)21-10-22-18)13-4-6-14(20)7-5-13/h4-7,9-12H,8H2,1-3H3/t12-/m1/s1. The molecule has 2 aromatic heterocycles. The maximum Gasteiger partial charge on any atom is 0.319 e. The maximum absolute atomic E-state index is 12.2. The second kappa shape index (κ2) is 8.37. The van der Waals surface area contributed by atoms with Crippen LogP contribution in [0.5, 0.6) is 0 Å². The topological polar surface area (TPSA) is 52.1 Å². The Hall–Kier alpha value is -1.63. The number of benzene rings is 1. The third-order valence-electron chi connectivity index (χ3n) is 3.67. The van der Waals surface area contributed by atoms with Crippen molar-refractivity contribution in [3.05, 3.63) is 41.0 Å². The number of ether oxygens (including phenoxy) is 1. The van der Waals surface area contributed by atoms with Gasteiger partial charge in [-0.05, 0) is 30.5 Å². The summed E-state index contributed by atoms with van der Waals surface area (Å²) in [5.74, 6) is 0.0917. The van der Waals surface area contributed by atoms with Gasteiger partial charge in [-0.25, -0.2) is 9.97 Å². The molecule has 0 aliphatic carbocycles. The second-order valence-electron chi connectivity index (χ2n) is 6.30. The molecule has 3 rings (SSSR count). The van der Waals surface area contributed by atoms with Crippen LogP contribution in [-0.2, 0) is 9.53 Å². The van der Waals surface area contributed by atoms with Crippen LogP contribution < -0.4 is 0 Å². The number of hydrogen-bond donors (Lipinski definition) is 0. The Morgan fingerprint density at radius 2 is 1.96 bits per heavy atom. The van der Waals surface area contributed by atoms with Crippen LogP contribution in [0.2, 0.25) is 5.02 Å². The van der Waals surface area contributed by atoms with Crippen LogP contribution in [0.3, 0.4) is 0 Å². The number of aromatic nitrogens is 2. The van der Waals surface area contributed by atoms with Gasteiger partial charge in [-0.3, -0.25) is 4.79 Å². The van der Waals surface area contributed by atoms with Crippen LogP contribution in [0.1, 0.15) is 20.8 Å². The summed E-state index contributed by atoms with van der Waals surface area (Å²) in [6, 6.07) is 7.68. The Morgan fingerprint density at radius 3 is 2.65 bits per heavy atom. The van der Waals surface area contributed by atoms with E-state index in [1.165, 1.54) is 11.8 Å². The van der Waals surface area contributed by atoms with Gasteiger partial charge in [-0.15, -0.1) is 11.3 Å². The minimum Gasteiger partial charge on any atom is -0.465 e. The third-order valence-corrected chi connectivity index (χ3v) is 5.89. The van der Waals surface area contributed by atoms with Crippen molar-refractivity contribution in [2.24, 2.45) is 5.92 Å². The lowest BCUT2D eigenvalue weighted by Crippen LogP contribution is -2.19. The first-order valence-corrected chi connectivity index (χ1v) is 10.4. The van der Waals surface area contributed by atoms with E-state index in [1.54, 1.807) is 17.7 Å². The molecule has 0 unspecified atom stereocenters. The van der Waals surface area contributed by atoms with E-state index in [2.05, 4.69) is 15.3 Å². The molecule has 0 amide bonds. The summed E-state index contributed by atoms with van der Waals surface area (Å²) in [5, 5.41) is 4.17. The van der Waals surface area contributed by atoms with E-state index in [1.807, 2.05) is 45.0 Å². The zero-order valence-electron chi connectivity index (χ0n) is 14.7. The van der Waals surface area contributed by atoms with E-state index >= 15 is 0 Å². The quantitative estimate of drug-likeness (QED) is 0.299. The fourth-order valence-electron chi connectivity index (χ4n) is 2.36. The predicted octanol–water partition coefficient (Wildman–Crippen LogP) is 5.69. The number of thioether (sulfide) groups is 1. The molecule has 26 heavy (non-hydrogen) atoms. The predicted molar refractivity (Wildman–Crippen MR) is 109 cm³/mol. The molecule has 3 aromatic rings. The molecule has 0 spiro atoms. The molecule has 0 aliphatic heterocycles. The molecule has 1 atom stereocenters. The molecule has 0 aliphatic rings. The van der Waals surface area contributed by atoms with Crippen molar-refractivity contribution >= 4 is 50.9 Å². The van der Waals surface area contributed by atoms with Crippen molar-refractivity contribution in [1.82, 2.24) is 9.97 Å². The Kier molecular flexibility index (Phi) is 6.16. The Labute approximate surface area is 166 Å². The number of thiophene rings is 1. The molecular formula is C19H19ClN2O2S2. The summed E-state index contributed by atoms with van der Waals surface area (Å²) in [7, 11) is 0. The van der Waals surface area contributed by atoms with Gasteiger partial charge in [0, 0.05) is 16.0 Å². The van der Waals surface area contributed by atoms with Crippen molar-refractivity contribution < 1.29 is 9.53 Å². The minimum atomic E-state index is -0.343. The van der Waals surface area contributed by atoms with E-state index in [0.29, 0.717) is 17.5 Å². The lowest BCUT2D eigenvalue weighted by Gasteiger charge is -2.13. The highest BCUT2D eigenvalue weighted by Crippen LogP contribution is 2.39. The van der Waals surface area contributed by atoms with E-state index in [-0.39, 0.29) is 11.2 Å². The van der Waals surface area contributed by atoms with Crippen LogP contribution in [0, 0.1) is 5.92 Å². The van der Waals surface area contributed by atoms with Gasteiger partial charge in [0.05, 0.1) is 12.0 Å². The number of rotatable bonds is 6. The zero-order valence-corrected chi connectivity index (χ0v) is 17.1. The van der Waals surface area contributed by atoms with E-state index in [4.69, 9.17) is 16.3 Å². The average molecular weight is 407 g/mol. The number of halogens is 1. The first-order chi connectivity index (χ1) is 12.5. The number of carbonyl (C=O) groups is 1. The van der Waals surface area contributed by atoms with Crippen molar-refractivity contribution in [2.45, 2.75) is 31.0 Å². The number of nitrogens with zero attached hydrogens (tertiary/aromatic N) is 2. The SMILES string of the molecule is CC(C)COC(=O)[C@@H](C)Sc1ncnc2scc(-c3ccc(Cl)cc3)c12. The maximum atomic E-state index is 12.2. The fraction of sp³-hybridized carbons (Fsp3) is 0.316. The van der Waals surface area contributed by atoms with Crippen LogP contribution in [0.4, 0.5) is 0 Å². The monoisotopic (exact) mass is 406 g/mol. The van der Waals surface area contributed by atoms with Gasteiger partial charge in [-0.1, -0.05) is 49.3 Å². The Morgan fingerprint density at radius 1 is 1.23 bits per heavy atom. The van der Waals surface area contributed by atoms with Crippen molar-refractivity contribution in [3.8, 4) is 11.1 Å². The highest BCUT2D eigenvalue weighted by atomic mass is 35.5. The molecule has 4 nitrogen and oxygen atoms in total. The summed E-state index contributed by atoms with van der Waals surface area (Å²) >= 11 is 8.97. The lowest BCUT2D eigenvalue weighted by atomic mass is 10.1. The average Bonchev–Trinajstić information content (AvgIpc) is 3.05. The molecule has 0 saturated carbocycles. The smallest absolute Gasteiger partial charge is 0.319 e. The van der Waals surface area contributed by atoms with Crippen LogP contribution in [-0.4, -0.2) is 27.8 Å². The highest BCUT2D eigenvalue weighted by molar-refractivity contribution is 8.00. The first kappa shape index (κ1) is 19.1. The molecule has 1 aromatic carbocycles. The fourth-order valence-corrected chi connectivity index (χ4v) is 4.40. The van der Waals surface area contributed by atoms with E-state index in [0.717, 1.165) is 26.4 Å². The zero-order chi connectivity index (χ0) is 18.7. The van der Waals surface area contributed by atoms with Gasteiger partial charge >= 0.3 is 5.97 Å². The van der Waals surface area contributed by atoms with Gasteiger partial charge in [0.25, 0.3) is 0 Å². The molecule has 0 N–H and O–H groups in total. The van der Waals surface area contributed by atoms with Crippen molar-refractivity contribution in [2.75, 3.05) is 6.61 Å². The number of hydrogen-bond acceptors (Lipinski definition) is 6. The van der Waals surface area contributed by atoms with Crippen LogP contribution >= 0.6 is 34.7 Å². The van der Waals surface area contributed by atoms with E-state index in [9.17, 15) is 4.79 Å². The summed E-state index contributed by atoms with van der Waals surface area (Å²) < 4.78 is 5.34. The molecule has 7 heteroatoms. The number of carbonyl (C=O) groups excluding carboxylic acids is 1. The Bertz CT molecular complexity index is 910. The van der Waals surface area contributed by atoms with Gasteiger partial charge in [0.2, 0.25) is 0 Å². The van der Waals surface area contributed by atoms with Gasteiger partial charge in [-0.2, -0.15) is 0 Å². The lowest BCUT2D eigenvalue weighted by molar-refractivity contribution is -0.143. The molecule has 0 radical (unpaired) electrons. The van der Waals surface area contributed by atoms with Crippen LogP contribution in [0.25, 0.3) is 21.3 Å². The second-order valence-corrected chi connectivity index (χ2v) is 8.92. The van der Waals surface area contributed by atoms with Gasteiger partial charge in [0.15, 0.2) is 0 Å². The highest BCUT2D eigenvalue weighted by Gasteiger charge is 2.21. The summed E-state index contributed by atoms with van der Waals surface area (Å²) in [6.07, 6.45) is 1.54. The summed E-state index contributed by atoms with van der Waals surface area (Å²) in [4.78, 5) is 21.9. The Balaban J connectivity index is 1.90. The number of fused-ring (bicyclic) bond motifs is 1. The molecule has 136 valence electrons. The first-order valence-electron chi connectivity index (χ1n) is 8.27. The molecule has 0 fully saturated rings. The van der Waals surface area contributed by atoms with E-state index < -0.39 is 0 Å². The van der Waals surface area contributed by atoms with Crippen molar-refractivity contribution in [1.29, 1.82) is 0 Å². The van der Waals surface area contributed by atoms with Gasteiger partial charge < -0.3 is 4.74 Å². The van der Waals surface area contributed by atoms with Gasteiger partial charge in [0.1, 0.15) is 21.4 Å². The normalized spacial score (nSPS) is 12.5. The molecule has 2 heterocycles.